The second-order valence-electron chi connectivity index (χ2n) is 1.43. The summed E-state index contributed by atoms with van der Waals surface area (Å²) in [6.45, 7) is -0.959. The number of hydrogen-bond donors (Lipinski definition) is 2. The van der Waals surface area contributed by atoms with Crippen LogP contribution in [0.15, 0.2) is 16.8 Å². The SMILES string of the molecule is [2H]C1=NC([2H])C(=N)C=C1N. The molecule has 0 fully saturated rings. The maximum Gasteiger partial charge on any atom is 0.0858 e. The van der Waals surface area contributed by atoms with Crippen molar-refractivity contribution in [3.8, 4) is 0 Å². The maximum atomic E-state index is 7.08. The number of nitrogens with two attached hydrogens (primary N) is 1. The summed E-state index contributed by atoms with van der Waals surface area (Å²) < 4.78 is 14.1. The molecule has 1 aliphatic heterocycles. The van der Waals surface area contributed by atoms with Gasteiger partial charge in [0.15, 0.2) is 0 Å². The van der Waals surface area contributed by atoms with Crippen LogP contribution in [0.1, 0.15) is 2.74 Å². The van der Waals surface area contributed by atoms with Gasteiger partial charge in [-0.2, -0.15) is 0 Å². The summed E-state index contributed by atoms with van der Waals surface area (Å²) in [6.07, 6.45) is 1.18. The van der Waals surface area contributed by atoms with Gasteiger partial charge in [0.25, 0.3) is 0 Å². The standard InChI is InChI=1S/C5H7N3/c6-4-1-5(7)3-8-2-4/h1-2,7H,3,6H2/i2D,3D. The quantitative estimate of drug-likeness (QED) is 0.451. The monoisotopic (exact) mass is 111 g/mol. The van der Waals surface area contributed by atoms with Gasteiger partial charge >= 0.3 is 0 Å². The van der Waals surface area contributed by atoms with Crippen LogP contribution in [0.4, 0.5) is 0 Å². The highest BCUT2D eigenvalue weighted by Crippen LogP contribution is 1.89. The van der Waals surface area contributed by atoms with Crippen LogP contribution in [0, 0.1) is 5.41 Å². The normalized spacial score (nSPS) is 32.5. The first kappa shape index (κ1) is 3.02. The van der Waals surface area contributed by atoms with Crippen molar-refractivity contribution in [1.82, 2.24) is 0 Å². The second kappa shape index (κ2) is 1.78. The van der Waals surface area contributed by atoms with Gasteiger partial charge in [0.2, 0.25) is 0 Å². The van der Waals surface area contributed by atoms with Crippen LogP contribution < -0.4 is 5.73 Å². The Labute approximate surface area is 50.2 Å². The number of allylic oxidation sites excluding steroid dienone is 1. The Morgan fingerprint density at radius 3 is 3.50 bits per heavy atom. The van der Waals surface area contributed by atoms with E-state index in [4.69, 9.17) is 13.9 Å². The Kier molecular flexibility index (Phi) is 0.670. The molecule has 3 heteroatoms. The lowest BCUT2D eigenvalue weighted by Crippen LogP contribution is -2.10. The Morgan fingerprint density at radius 1 is 2.12 bits per heavy atom. The topological polar surface area (TPSA) is 62.2 Å². The average Bonchev–Trinajstić information content (AvgIpc) is 1.84. The van der Waals surface area contributed by atoms with Gasteiger partial charge in [-0.3, -0.25) is 4.99 Å². The van der Waals surface area contributed by atoms with E-state index in [1.807, 2.05) is 0 Å². The van der Waals surface area contributed by atoms with Gasteiger partial charge < -0.3 is 11.1 Å². The summed E-state index contributed by atoms with van der Waals surface area (Å²) >= 11 is 0. The number of nitrogens with one attached hydrogen (secondary N) is 1. The number of hydrogen-bond acceptors (Lipinski definition) is 3. The van der Waals surface area contributed by atoms with E-state index >= 15 is 0 Å². The summed E-state index contributed by atoms with van der Waals surface area (Å²) in [5.41, 5.74) is 5.45. The van der Waals surface area contributed by atoms with E-state index in [9.17, 15) is 0 Å². The van der Waals surface area contributed by atoms with Crippen LogP contribution in [0.3, 0.4) is 0 Å². The van der Waals surface area contributed by atoms with E-state index in [1.165, 1.54) is 6.08 Å². The van der Waals surface area contributed by atoms with Crippen molar-refractivity contribution >= 4 is 11.9 Å². The zero-order valence-corrected chi connectivity index (χ0v) is 4.18. The second-order valence-corrected chi connectivity index (χ2v) is 1.43. The van der Waals surface area contributed by atoms with Crippen LogP contribution in [-0.2, 0) is 0 Å². The van der Waals surface area contributed by atoms with E-state index in [0.29, 0.717) is 0 Å². The third-order valence-corrected chi connectivity index (χ3v) is 0.708. The van der Waals surface area contributed by atoms with E-state index in [2.05, 4.69) is 4.99 Å². The van der Waals surface area contributed by atoms with Crippen molar-refractivity contribution in [3.63, 3.8) is 0 Å². The van der Waals surface area contributed by atoms with Gasteiger partial charge in [0, 0.05) is 6.19 Å². The molecule has 1 atom stereocenters. The minimum Gasteiger partial charge on any atom is -0.397 e. The molecule has 0 aliphatic carbocycles. The fourth-order valence-corrected chi connectivity index (χ4v) is 0.413. The molecule has 0 aromatic heterocycles. The molecule has 1 aliphatic rings. The van der Waals surface area contributed by atoms with E-state index in [1.54, 1.807) is 0 Å². The van der Waals surface area contributed by atoms with Crippen LogP contribution in [0.2, 0.25) is 0 Å². The molecule has 42 valence electrons. The maximum absolute atomic E-state index is 7.08. The third kappa shape index (κ3) is 0.932. The number of aliphatic imine (C=N–C) groups is 1. The lowest BCUT2D eigenvalue weighted by Gasteiger charge is -1.99. The molecule has 0 aromatic carbocycles. The molecule has 0 aromatic rings. The summed E-state index contributed by atoms with van der Waals surface area (Å²) in [7, 11) is 0. The Morgan fingerprint density at radius 2 is 2.88 bits per heavy atom. The predicted octanol–water partition coefficient (Wildman–Crippen LogP) is -0.0668. The lowest BCUT2D eigenvalue weighted by molar-refractivity contribution is 1.24. The van der Waals surface area contributed by atoms with Gasteiger partial charge in [-0.1, -0.05) is 0 Å². The Hall–Kier alpha value is -1.12. The van der Waals surface area contributed by atoms with Gasteiger partial charge in [-0.15, -0.1) is 0 Å². The molecule has 0 saturated heterocycles. The molecule has 8 heavy (non-hydrogen) atoms. The van der Waals surface area contributed by atoms with Crippen LogP contribution >= 0.6 is 0 Å². The molecule has 3 N–H and O–H groups in total. The van der Waals surface area contributed by atoms with E-state index in [0.717, 1.165) is 0 Å². The van der Waals surface area contributed by atoms with Gasteiger partial charge in [-0.05, 0) is 6.08 Å². The van der Waals surface area contributed by atoms with Crippen molar-refractivity contribution in [1.29, 1.82) is 5.41 Å². The zero-order valence-electron chi connectivity index (χ0n) is 6.18. The first-order valence-electron chi connectivity index (χ1n) is 3.21. The summed E-state index contributed by atoms with van der Waals surface area (Å²) in [5, 5.41) is 7.08. The minimum atomic E-state index is -0.959. The molecule has 0 radical (unpaired) electrons. The first-order valence-corrected chi connectivity index (χ1v) is 2.14. The highest BCUT2D eigenvalue weighted by Gasteiger charge is 1.95. The summed E-state index contributed by atoms with van der Waals surface area (Å²) in [4.78, 5) is 3.48. The fourth-order valence-electron chi connectivity index (χ4n) is 0.413. The molecule has 3 nitrogen and oxygen atoms in total. The van der Waals surface area contributed by atoms with Gasteiger partial charge in [0.05, 0.1) is 20.7 Å². The van der Waals surface area contributed by atoms with Crippen molar-refractivity contribution in [3.05, 3.63) is 11.8 Å². The van der Waals surface area contributed by atoms with Crippen LogP contribution in [-0.4, -0.2) is 18.4 Å². The largest absolute Gasteiger partial charge is 0.397 e. The predicted molar refractivity (Wildman–Crippen MR) is 33.4 cm³/mol. The highest BCUT2D eigenvalue weighted by atomic mass is 14.8. The first-order chi connectivity index (χ1) is 4.61. The molecule has 0 saturated carbocycles. The summed E-state index contributed by atoms with van der Waals surface area (Å²) in [5.74, 6) is 0. The average molecular weight is 111 g/mol. The highest BCUT2D eigenvalue weighted by molar-refractivity contribution is 6.02. The fraction of sp³-hybridized carbons (Fsp3) is 0.200. The molecular formula is C5H7N3. The molecule has 1 rings (SSSR count). The van der Waals surface area contributed by atoms with Crippen molar-refractivity contribution in [2.45, 2.75) is 0 Å². The molecule has 0 spiro atoms. The van der Waals surface area contributed by atoms with E-state index < -0.39 is 6.52 Å². The molecule has 0 bridgehead atoms. The lowest BCUT2D eigenvalue weighted by atomic mass is 10.2. The van der Waals surface area contributed by atoms with Crippen molar-refractivity contribution < 1.29 is 2.74 Å². The smallest absolute Gasteiger partial charge is 0.0858 e. The third-order valence-electron chi connectivity index (χ3n) is 0.708. The number of nitrogens with zero attached hydrogens (tertiary/aromatic N) is 1. The Balaban J connectivity index is 2.94. The van der Waals surface area contributed by atoms with Gasteiger partial charge in [0.1, 0.15) is 0 Å². The molecule has 1 heterocycles. The zero-order chi connectivity index (χ0) is 7.72. The van der Waals surface area contributed by atoms with E-state index in [-0.39, 0.29) is 17.6 Å². The number of dihydropyridines is 1. The summed E-state index contributed by atoms with van der Waals surface area (Å²) in [6, 6.07) is 0. The minimum absolute atomic E-state index is 0.0356. The van der Waals surface area contributed by atoms with Crippen molar-refractivity contribution in [2.75, 3.05) is 6.52 Å². The van der Waals surface area contributed by atoms with Crippen LogP contribution in [0.25, 0.3) is 0 Å². The van der Waals surface area contributed by atoms with Gasteiger partial charge in [-0.25, -0.2) is 0 Å². The number of rotatable bonds is 0. The molecule has 1 unspecified atom stereocenters. The van der Waals surface area contributed by atoms with Crippen molar-refractivity contribution in [2.24, 2.45) is 10.7 Å². The van der Waals surface area contributed by atoms with Crippen LogP contribution in [0.5, 0.6) is 0 Å². The molecular weight excluding hydrogens is 102 g/mol. The Bertz CT molecular complexity index is 231. The molecule has 0 amide bonds.